The summed E-state index contributed by atoms with van der Waals surface area (Å²) in [7, 11) is 0. The predicted octanol–water partition coefficient (Wildman–Crippen LogP) is 4.00. The Morgan fingerprint density at radius 1 is 1.17 bits per heavy atom. The number of anilines is 1. The zero-order chi connectivity index (χ0) is 21.9. The lowest BCUT2D eigenvalue weighted by Gasteiger charge is -2.38. The van der Waals surface area contributed by atoms with Crippen LogP contribution in [0.2, 0.25) is 0 Å². The number of piperidine rings is 2. The fourth-order valence-corrected chi connectivity index (χ4v) is 4.32. The van der Waals surface area contributed by atoms with Crippen LogP contribution >= 0.6 is 0 Å². The molecule has 0 spiro atoms. The largest absolute Gasteiger partial charge is 0.460 e. The van der Waals surface area contributed by atoms with Crippen LogP contribution in [-0.2, 0) is 9.53 Å². The number of nitro groups is 1. The lowest BCUT2D eigenvalue weighted by Crippen LogP contribution is -2.43. The summed E-state index contributed by atoms with van der Waals surface area (Å²) in [5.41, 5.74) is -0.219. The molecule has 2 heterocycles. The summed E-state index contributed by atoms with van der Waals surface area (Å²) in [4.78, 5) is 26.9. The van der Waals surface area contributed by atoms with E-state index in [0.29, 0.717) is 11.6 Å². The van der Waals surface area contributed by atoms with E-state index in [-0.39, 0.29) is 17.6 Å². The summed E-state index contributed by atoms with van der Waals surface area (Å²) in [6.07, 6.45) is 3.59. The van der Waals surface area contributed by atoms with Crippen LogP contribution in [0.3, 0.4) is 0 Å². The SMILES string of the molecule is CC(C)(C)OC(=O)C1CCN(CC2CCN(c3ccc([N+](=O)[O-])cc3F)CC2)CC1. The van der Waals surface area contributed by atoms with Crippen molar-refractivity contribution in [2.75, 3.05) is 37.6 Å². The number of hydrogen-bond donors (Lipinski definition) is 0. The van der Waals surface area contributed by atoms with Gasteiger partial charge >= 0.3 is 5.97 Å². The Kier molecular flexibility index (Phi) is 6.95. The first kappa shape index (κ1) is 22.5. The topological polar surface area (TPSA) is 75.9 Å². The van der Waals surface area contributed by atoms with Gasteiger partial charge in [-0.2, -0.15) is 0 Å². The average molecular weight is 422 g/mol. The number of carbonyl (C=O) groups is 1. The number of carbonyl (C=O) groups excluding carboxylic acids is 1. The van der Waals surface area contributed by atoms with Crippen LogP contribution in [0.15, 0.2) is 18.2 Å². The molecule has 0 atom stereocenters. The Balaban J connectivity index is 1.44. The minimum Gasteiger partial charge on any atom is -0.460 e. The maximum absolute atomic E-state index is 14.3. The van der Waals surface area contributed by atoms with Crippen LogP contribution in [0.25, 0.3) is 0 Å². The van der Waals surface area contributed by atoms with Crippen LogP contribution in [-0.4, -0.2) is 54.1 Å². The Morgan fingerprint density at radius 2 is 1.80 bits per heavy atom. The summed E-state index contributed by atoms with van der Waals surface area (Å²) in [6, 6.07) is 3.87. The van der Waals surface area contributed by atoms with Gasteiger partial charge in [0, 0.05) is 25.7 Å². The number of halogens is 1. The van der Waals surface area contributed by atoms with Crippen molar-refractivity contribution < 1.29 is 18.8 Å². The molecule has 0 bridgehead atoms. The summed E-state index contributed by atoms with van der Waals surface area (Å²) < 4.78 is 19.8. The number of benzene rings is 1. The number of esters is 1. The molecule has 0 amide bonds. The standard InChI is InChI=1S/C22H32FN3O4/c1-22(2,3)30-21(27)17-8-10-24(11-9-17)15-16-6-12-25(13-7-16)20-5-4-18(26(28)29)14-19(20)23/h4-5,14,16-17H,6-13,15H2,1-3H3. The molecule has 7 nitrogen and oxygen atoms in total. The molecule has 0 radical (unpaired) electrons. The molecule has 0 aromatic heterocycles. The molecule has 2 saturated heterocycles. The first-order chi connectivity index (χ1) is 14.1. The van der Waals surface area contributed by atoms with E-state index in [1.165, 1.54) is 12.1 Å². The highest BCUT2D eigenvalue weighted by molar-refractivity contribution is 5.73. The van der Waals surface area contributed by atoms with E-state index < -0.39 is 16.3 Å². The maximum Gasteiger partial charge on any atom is 0.309 e. The van der Waals surface area contributed by atoms with Crippen molar-refractivity contribution in [1.29, 1.82) is 0 Å². The second-order valence-corrected chi connectivity index (χ2v) is 9.43. The van der Waals surface area contributed by atoms with Gasteiger partial charge in [0.15, 0.2) is 5.82 Å². The minimum absolute atomic E-state index is 0.00700. The minimum atomic E-state index is -0.578. The van der Waals surface area contributed by atoms with E-state index in [0.717, 1.165) is 64.5 Å². The first-order valence-corrected chi connectivity index (χ1v) is 10.8. The fourth-order valence-electron chi connectivity index (χ4n) is 4.32. The van der Waals surface area contributed by atoms with Gasteiger partial charge in [0.1, 0.15) is 5.60 Å². The second kappa shape index (κ2) is 9.29. The van der Waals surface area contributed by atoms with E-state index >= 15 is 0 Å². The Hall–Kier alpha value is -2.22. The summed E-state index contributed by atoms with van der Waals surface area (Å²) in [5, 5.41) is 10.8. The van der Waals surface area contributed by atoms with Gasteiger partial charge in [-0.05, 0) is 71.5 Å². The monoisotopic (exact) mass is 421 g/mol. The molecule has 1 aromatic rings. The number of ether oxygens (including phenoxy) is 1. The molecule has 30 heavy (non-hydrogen) atoms. The highest BCUT2D eigenvalue weighted by Crippen LogP contribution is 2.29. The maximum atomic E-state index is 14.3. The molecule has 0 saturated carbocycles. The molecule has 0 aliphatic carbocycles. The summed E-state index contributed by atoms with van der Waals surface area (Å²) in [6.45, 7) is 9.99. The van der Waals surface area contributed by atoms with Gasteiger partial charge in [-0.25, -0.2) is 4.39 Å². The number of rotatable bonds is 5. The summed E-state index contributed by atoms with van der Waals surface area (Å²) in [5.74, 6) is -0.0830. The van der Waals surface area contributed by atoms with Crippen LogP contribution in [0.1, 0.15) is 46.5 Å². The molecule has 2 aliphatic rings. The Labute approximate surface area is 177 Å². The molecule has 3 rings (SSSR count). The number of nitrogens with zero attached hydrogens (tertiary/aromatic N) is 3. The van der Waals surface area contributed by atoms with Crippen molar-refractivity contribution >= 4 is 17.3 Å². The van der Waals surface area contributed by atoms with Crippen LogP contribution in [0.4, 0.5) is 15.8 Å². The molecule has 2 fully saturated rings. The van der Waals surface area contributed by atoms with Crippen molar-refractivity contribution in [2.24, 2.45) is 11.8 Å². The highest BCUT2D eigenvalue weighted by atomic mass is 19.1. The summed E-state index contributed by atoms with van der Waals surface area (Å²) >= 11 is 0. The number of likely N-dealkylation sites (tertiary alicyclic amines) is 1. The van der Waals surface area contributed by atoms with E-state index in [1.54, 1.807) is 0 Å². The van der Waals surface area contributed by atoms with Gasteiger partial charge < -0.3 is 14.5 Å². The first-order valence-electron chi connectivity index (χ1n) is 10.8. The molecular formula is C22H32FN3O4. The molecule has 0 N–H and O–H groups in total. The fraction of sp³-hybridized carbons (Fsp3) is 0.682. The molecule has 1 aromatic carbocycles. The van der Waals surface area contributed by atoms with Gasteiger partial charge in [0.25, 0.3) is 5.69 Å². The number of non-ortho nitro benzene ring substituents is 1. The van der Waals surface area contributed by atoms with Gasteiger partial charge in [-0.3, -0.25) is 14.9 Å². The second-order valence-electron chi connectivity index (χ2n) is 9.43. The van der Waals surface area contributed by atoms with Gasteiger partial charge in [-0.15, -0.1) is 0 Å². The molecule has 2 aliphatic heterocycles. The lowest BCUT2D eigenvalue weighted by molar-refractivity contribution is -0.385. The smallest absolute Gasteiger partial charge is 0.309 e. The van der Waals surface area contributed by atoms with Gasteiger partial charge in [-0.1, -0.05) is 0 Å². The third-order valence-corrected chi connectivity index (χ3v) is 5.94. The Bertz CT molecular complexity index is 764. The van der Waals surface area contributed by atoms with Crippen LogP contribution < -0.4 is 4.90 Å². The quantitative estimate of drug-likeness (QED) is 0.406. The van der Waals surface area contributed by atoms with Crippen molar-refractivity contribution in [2.45, 2.75) is 52.1 Å². The third kappa shape index (κ3) is 5.90. The lowest BCUT2D eigenvalue weighted by atomic mass is 9.92. The van der Waals surface area contributed by atoms with E-state index in [9.17, 15) is 19.3 Å². The van der Waals surface area contributed by atoms with Crippen LogP contribution in [0, 0.1) is 27.8 Å². The average Bonchev–Trinajstić information content (AvgIpc) is 2.68. The zero-order valence-electron chi connectivity index (χ0n) is 18.1. The van der Waals surface area contributed by atoms with Gasteiger partial charge in [0.2, 0.25) is 0 Å². The van der Waals surface area contributed by atoms with E-state index in [4.69, 9.17) is 4.74 Å². The number of nitro benzene ring substituents is 1. The van der Waals surface area contributed by atoms with E-state index in [2.05, 4.69) is 4.90 Å². The van der Waals surface area contributed by atoms with Crippen molar-refractivity contribution in [1.82, 2.24) is 4.90 Å². The van der Waals surface area contributed by atoms with Crippen LogP contribution in [0.5, 0.6) is 0 Å². The van der Waals surface area contributed by atoms with Crippen molar-refractivity contribution in [3.8, 4) is 0 Å². The zero-order valence-corrected chi connectivity index (χ0v) is 18.1. The third-order valence-electron chi connectivity index (χ3n) is 5.94. The molecule has 0 unspecified atom stereocenters. The van der Waals surface area contributed by atoms with Crippen molar-refractivity contribution in [3.63, 3.8) is 0 Å². The van der Waals surface area contributed by atoms with Crippen molar-refractivity contribution in [3.05, 3.63) is 34.1 Å². The molecule has 166 valence electrons. The molecule has 8 heteroatoms. The highest BCUT2D eigenvalue weighted by Gasteiger charge is 2.30. The predicted molar refractivity (Wildman–Crippen MR) is 113 cm³/mol. The normalized spacial score (nSPS) is 19.7. The Morgan fingerprint density at radius 3 is 2.33 bits per heavy atom. The molecular weight excluding hydrogens is 389 g/mol. The number of hydrogen-bond acceptors (Lipinski definition) is 6. The van der Waals surface area contributed by atoms with E-state index in [1.807, 2.05) is 25.7 Å². The van der Waals surface area contributed by atoms with Gasteiger partial charge in [0.05, 0.1) is 22.6 Å².